The Morgan fingerprint density at radius 2 is 1.89 bits per heavy atom. The molecule has 4 fully saturated rings. The summed E-state index contributed by atoms with van der Waals surface area (Å²) in [6.07, 6.45) is 5.27. The number of likely N-dealkylation sites (tertiary alicyclic amines) is 1. The van der Waals surface area contributed by atoms with Crippen LogP contribution in [-0.2, 0) is 14.2 Å². The minimum atomic E-state index is -0.442. The molecule has 5 rings (SSSR count). The van der Waals surface area contributed by atoms with E-state index in [4.69, 9.17) is 19.3 Å². The molecular weight excluding hydrogens is 458 g/mol. The SMILES string of the molecule is COCCC1CN(C2CCOCC2)CCN1c1cc(C)n(C2CC3(C2)CN(C(=O)OC(C)(C)C)C3)n1. The number of methoxy groups -OCH3 is 1. The van der Waals surface area contributed by atoms with E-state index >= 15 is 0 Å². The van der Waals surface area contributed by atoms with Gasteiger partial charge in [0.25, 0.3) is 0 Å². The Balaban J connectivity index is 1.19. The van der Waals surface area contributed by atoms with Crippen LogP contribution in [0.3, 0.4) is 0 Å². The van der Waals surface area contributed by atoms with Crippen LogP contribution in [-0.4, -0.2) is 103 Å². The molecule has 1 aromatic rings. The minimum absolute atomic E-state index is 0.184. The van der Waals surface area contributed by atoms with Crippen LogP contribution in [0.1, 0.15) is 64.6 Å². The van der Waals surface area contributed by atoms with Crippen molar-refractivity contribution in [1.82, 2.24) is 19.6 Å². The highest BCUT2D eigenvalue weighted by molar-refractivity contribution is 5.69. The van der Waals surface area contributed by atoms with E-state index in [1.54, 1.807) is 7.11 Å². The molecule has 0 bridgehead atoms. The average molecular weight is 504 g/mol. The number of carbonyl (C=O) groups excluding carboxylic acids is 1. The van der Waals surface area contributed by atoms with E-state index in [9.17, 15) is 4.79 Å². The van der Waals surface area contributed by atoms with Crippen molar-refractivity contribution in [2.24, 2.45) is 5.41 Å². The number of piperazine rings is 1. The lowest BCUT2D eigenvalue weighted by Crippen LogP contribution is -2.64. The Morgan fingerprint density at radius 1 is 1.17 bits per heavy atom. The number of carbonyl (C=O) groups is 1. The summed E-state index contributed by atoms with van der Waals surface area (Å²) in [7, 11) is 1.79. The van der Waals surface area contributed by atoms with Gasteiger partial charge in [-0.1, -0.05) is 0 Å². The van der Waals surface area contributed by atoms with Gasteiger partial charge in [-0.25, -0.2) is 4.79 Å². The first-order chi connectivity index (χ1) is 17.2. The van der Waals surface area contributed by atoms with Crippen LogP contribution in [0.5, 0.6) is 0 Å². The summed E-state index contributed by atoms with van der Waals surface area (Å²) >= 11 is 0. The summed E-state index contributed by atoms with van der Waals surface area (Å²) in [6.45, 7) is 15.2. The summed E-state index contributed by atoms with van der Waals surface area (Å²) in [5, 5.41) is 5.14. The van der Waals surface area contributed by atoms with Crippen LogP contribution in [0.2, 0.25) is 0 Å². The normalized spacial score (nSPS) is 25.6. The number of ether oxygens (including phenoxy) is 3. The zero-order valence-corrected chi connectivity index (χ0v) is 22.9. The maximum atomic E-state index is 12.3. The zero-order valence-electron chi connectivity index (χ0n) is 22.9. The van der Waals surface area contributed by atoms with Gasteiger partial charge in [0.2, 0.25) is 0 Å². The molecule has 202 valence electrons. The van der Waals surface area contributed by atoms with Gasteiger partial charge in [0, 0.05) is 88.9 Å². The van der Waals surface area contributed by atoms with Crippen molar-refractivity contribution < 1.29 is 19.0 Å². The largest absolute Gasteiger partial charge is 0.444 e. The Morgan fingerprint density at radius 3 is 2.56 bits per heavy atom. The molecular formula is C27H45N5O4. The molecule has 9 nitrogen and oxygen atoms in total. The van der Waals surface area contributed by atoms with Gasteiger partial charge in [-0.15, -0.1) is 0 Å². The van der Waals surface area contributed by atoms with Crippen LogP contribution in [0.4, 0.5) is 10.6 Å². The van der Waals surface area contributed by atoms with Crippen molar-refractivity contribution in [2.75, 3.05) is 64.6 Å². The van der Waals surface area contributed by atoms with Crippen molar-refractivity contribution in [1.29, 1.82) is 0 Å². The lowest BCUT2D eigenvalue weighted by Gasteiger charge is -2.58. The summed E-state index contributed by atoms with van der Waals surface area (Å²) < 4.78 is 18.8. The molecule has 0 N–H and O–H groups in total. The number of anilines is 1. The maximum Gasteiger partial charge on any atom is 0.410 e. The van der Waals surface area contributed by atoms with Crippen molar-refractivity contribution in [2.45, 2.75) is 83.5 Å². The number of aryl methyl sites for hydroxylation is 1. The van der Waals surface area contributed by atoms with Crippen LogP contribution in [0.25, 0.3) is 0 Å². The van der Waals surface area contributed by atoms with Crippen LogP contribution in [0, 0.1) is 12.3 Å². The fourth-order valence-corrected chi connectivity index (χ4v) is 6.63. The van der Waals surface area contributed by atoms with E-state index in [1.807, 2.05) is 25.7 Å². The number of rotatable bonds is 6. The van der Waals surface area contributed by atoms with E-state index in [2.05, 4.69) is 27.5 Å². The van der Waals surface area contributed by atoms with Gasteiger partial charge in [0.1, 0.15) is 5.60 Å². The van der Waals surface area contributed by atoms with Gasteiger partial charge in [-0.05, 0) is 59.8 Å². The Kier molecular flexibility index (Phi) is 7.26. The molecule has 4 aliphatic rings. The van der Waals surface area contributed by atoms with Gasteiger partial charge < -0.3 is 24.0 Å². The van der Waals surface area contributed by atoms with Crippen molar-refractivity contribution >= 4 is 11.9 Å². The third-order valence-electron chi connectivity index (χ3n) is 8.47. The molecule has 1 amide bonds. The van der Waals surface area contributed by atoms with Gasteiger partial charge in [0.15, 0.2) is 5.82 Å². The first-order valence-electron chi connectivity index (χ1n) is 13.8. The molecule has 1 atom stereocenters. The third kappa shape index (κ3) is 5.38. The van der Waals surface area contributed by atoms with E-state index in [0.717, 1.165) is 90.5 Å². The summed E-state index contributed by atoms with van der Waals surface area (Å²) in [4.78, 5) is 19.4. The molecule has 3 saturated heterocycles. The highest BCUT2D eigenvalue weighted by Crippen LogP contribution is 2.54. The second-order valence-corrected chi connectivity index (χ2v) is 12.5. The zero-order chi connectivity index (χ0) is 25.5. The predicted octanol–water partition coefficient (Wildman–Crippen LogP) is 3.47. The lowest BCUT2D eigenvalue weighted by molar-refractivity contribution is -0.0930. The van der Waals surface area contributed by atoms with Crippen molar-refractivity contribution in [3.05, 3.63) is 11.8 Å². The number of aromatic nitrogens is 2. The second kappa shape index (κ2) is 10.1. The number of hydrogen-bond donors (Lipinski definition) is 0. The van der Waals surface area contributed by atoms with Crippen molar-refractivity contribution in [3.8, 4) is 0 Å². The van der Waals surface area contributed by atoms with Gasteiger partial charge in [-0.3, -0.25) is 9.58 Å². The molecule has 1 spiro atoms. The molecule has 1 aromatic heterocycles. The molecule has 1 saturated carbocycles. The van der Waals surface area contributed by atoms with E-state index < -0.39 is 5.60 Å². The van der Waals surface area contributed by atoms with Gasteiger partial charge >= 0.3 is 6.09 Å². The van der Waals surface area contributed by atoms with Crippen LogP contribution < -0.4 is 4.90 Å². The van der Waals surface area contributed by atoms with Crippen molar-refractivity contribution in [3.63, 3.8) is 0 Å². The topological polar surface area (TPSA) is 72.3 Å². The fourth-order valence-electron chi connectivity index (χ4n) is 6.63. The minimum Gasteiger partial charge on any atom is -0.444 e. The lowest BCUT2D eigenvalue weighted by atomic mass is 9.61. The molecule has 1 aliphatic carbocycles. The Labute approximate surface area is 216 Å². The van der Waals surface area contributed by atoms with Crippen LogP contribution >= 0.6 is 0 Å². The number of hydrogen-bond acceptors (Lipinski definition) is 7. The standard InChI is InChI=1S/C27H45N5O4/c1-20-14-24(31-10-9-29(17-22(31)6-11-34-5)21-7-12-35-13-8-21)28-32(20)23-15-27(16-23)18-30(19-27)25(33)36-26(2,3)4/h14,21-23H,6-13,15-19H2,1-5H3. The van der Waals surface area contributed by atoms with E-state index in [1.165, 1.54) is 5.69 Å². The quantitative estimate of drug-likeness (QED) is 0.589. The first kappa shape index (κ1) is 25.8. The summed E-state index contributed by atoms with van der Waals surface area (Å²) in [5.41, 5.74) is 1.03. The molecule has 0 radical (unpaired) electrons. The van der Waals surface area contributed by atoms with Gasteiger partial charge in [-0.2, -0.15) is 5.10 Å². The average Bonchev–Trinajstić information content (AvgIpc) is 3.16. The Hall–Kier alpha value is -1.84. The summed E-state index contributed by atoms with van der Waals surface area (Å²) in [5.74, 6) is 1.10. The number of amides is 1. The van der Waals surface area contributed by atoms with E-state index in [0.29, 0.717) is 18.1 Å². The maximum absolute atomic E-state index is 12.3. The molecule has 36 heavy (non-hydrogen) atoms. The summed E-state index contributed by atoms with van der Waals surface area (Å²) in [6, 6.07) is 3.73. The smallest absolute Gasteiger partial charge is 0.410 e. The fraction of sp³-hybridized carbons (Fsp3) is 0.852. The van der Waals surface area contributed by atoms with Crippen LogP contribution in [0.15, 0.2) is 6.07 Å². The molecule has 0 aromatic carbocycles. The third-order valence-corrected chi connectivity index (χ3v) is 8.47. The Bertz CT molecular complexity index is 908. The predicted molar refractivity (Wildman–Crippen MR) is 139 cm³/mol. The number of nitrogens with zero attached hydrogens (tertiary/aromatic N) is 5. The highest BCUT2D eigenvalue weighted by atomic mass is 16.6. The second-order valence-electron chi connectivity index (χ2n) is 12.5. The van der Waals surface area contributed by atoms with E-state index in [-0.39, 0.29) is 11.5 Å². The molecule has 9 heteroatoms. The monoisotopic (exact) mass is 503 g/mol. The molecule has 1 unspecified atom stereocenters. The molecule has 4 heterocycles. The first-order valence-corrected chi connectivity index (χ1v) is 13.8. The molecule has 3 aliphatic heterocycles. The highest BCUT2D eigenvalue weighted by Gasteiger charge is 2.55. The van der Waals surface area contributed by atoms with Gasteiger partial charge in [0.05, 0.1) is 6.04 Å².